The number of ether oxygens (including phenoxy) is 2. The highest BCUT2D eigenvalue weighted by Gasteiger charge is 2.11. The van der Waals surface area contributed by atoms with Crippen molar-refractivity contribution in [3.63, 3.8) is 0 Å². The molecule has 114 valence electrons. The minimum Gasteiger partial charge on any atom is -0.496 e. The van der Waals surface area contributed by atoms with Crippen molar-refractivity contribution in [3.05, 3.63) is 52.8 Å². The first-order valence-corrected chi connectivity index (χ1v) is 7.14. The van der Waals surface area contributed by atoms with E-state index in [0.717, 1.165) is 11.3 Å². The van der Waals surface area contributed by atoms with E-state index >= 15 is 0 Å². The number of aromatic nitrogens is 1. The molecular weight excluding hydrogens is 264 g/mol. The van der Waals surface area contributed by atoms with Crippen LogP contribution >= 0.6 is 0 Å². The summed E-state index contributed by atoms with van der Waals surface area (Å²) in [5.41, 5.74) is 8.18. The number of rotatable bonds is 6. The summed E-state index contributed by atoms with van der Waals surface area (Å²) >= 11 is 0. The third-order valence-corrected chi connectivity index (χ3v) is 3.70. The fourth-order valence-corrected chi connectivity index (χ4v) is 2.48. The SMILES string of the molecule is COCc1cc(C(C)Nn2c(C)ccc2C)ccc1OC. The van der Waals surface area contributed by atoms with E-state index in [0.29, 0.717) is 6.61 Å². The maximum absolute atomic E-state index is 5.37. The van der Waals surface area contributed by atoms with Gasteiger partial charge in [0.05, 0.1) is 19.8 Å². The quantitative estimate of drug-likeness (QED) is 0.882. The molecule has 0 aliphatic carbocycles. The number of nitrogens with one attached hydrogen (secondary N) is 1. The number of methoxy groups -OCH3 is 2. The van der Waals surface area contributed by atoms with Crippen LogP contribution in [0.2, 0.25) is 0 Å². The highest BCUT2D eigenvalue weighted by Crippen LogP contribution is 2.24. The van der Waals surface area contributed by atoms with Crippen molar-refractivity contribution in [2.45, 2.75) is 33.4 Å². The Hall–Kier alpha value is -1.94. The minimum absolute atomic E-state index is 0.191. The molecule has 0 saturated heterocycles. The first-order valence-electron chi connectivity index (χ1n) is 7.14. The van der Waals surface area contributed by atoms with Gasteiger partial charge in [-0.15, -0.1) is 0 Å². The van der Waals surface area contributed by atoms with Crippen LogP contribution in [0.1, 0.15) is 35.5 Å². The molecule has 0 radical (unpaired) electrons. The number of nitrogens with zero attached hydrogens (tertiary/aromatic N) is 1. The van der Waals surface area contributed by atoms with Crippen LogP contribution in [-0.2, 0) is 11.3 Å². The zero-order chi connectivity index (χ0) is 15.4. The van der Waals surface area contributed by atoms with Gasteiger partial charge >= 0.3 is 0 Å². The van der Waals surface area contributed by atoms with E-state index in [1.165, 1.54) is 17.0 Å². The van der Waals surface area contributed by atoms with Crippen LogP contribution in [0.5, 0.6) is 5.75 Å². The summed E-state index contributed by atoms with van der Waals surface area (Å²) < 4.78 is 12.7. The molecule has 0 spiro atoms. The highest BCUT2D eigenvalue weighted by molar-refractivity contribution is 5.38. The molecule has 4 heteroatoms. The third kappa shape index (κ3) is 3.39. The predicted molar refractivity (Wildman–Crippen MR) is 85.4 cm³/mol. The molecule has 1 N–H and O–H groups in total. The molecule has 0 fully saturated rings. The molecule has 2 rings (SSSR count). The van der Waals surface area contributed by atoms with Crippen LogP contribution in [0.3, 0.4) is 0 Å². The van der Waals surface area contributed by atoms with E-state index in [-0.39, 0.29) is 6.04 Å². The largest absolute Gasteiger partial charge is 0.496 e. The van der Waals surface area contributed by atoms with Gasteiger partial charge in [0.1, 0.15) is 5.75 Å². The number of benzene rings is 1. The van der Waals surface area contributed by atoms with Crippen molar-refractivity contribution in [1.29, 1.82) is 0 Å². The lowest BCUT2D eigenvalue weighted by atomic mass is 10.0. The average Bonchev–Trinajstić information content (AvgIpc) is 2.79. The van der Waals surface area contributed by atoms with Gasteiger partial charge in [0.2, 0.25) is 0 Å². The molecule has 1 heterocycles. The smallest absolute Gasteiger partial charge is 0.124 e. The molecule has 21 heavy (non-hydrogen) atoms. The molecule has 1 unspecified atom stereocenters. The van der Waals surface area contributed by atoms with Crippen LogP contribution in [0.15, 0.2) is 30.3 Å². The second-order valence-corrected chi connectivity index (χ2v) is 5.31. The van der Waals surface area contributed by atoms with Crippen LogP contribution in [0, 0.1) is 13.8 Å². The standard InChI is InChI=1S/C17H24N2O2/c1-12-6-7-13(2)19(12)18-14(3)15-8-9-17(21-5)16(10-15)11-20-4/h6-10,14,18H,11H2,1-5H3. The van der Waals surface area contributed by atoms with Gasteiger partial charge in [-0.1, -0.05) is 6.07 Å². The first-order chi connectivity index (χ1) is 10.1. The molecule has 2 aromatic rings. The van der Waals surface area contributed by atoms with Gasteiger partial charge in [-0.3, -0.25) is 4.68 Å². The molecule has 1 atom stereocenters. The minimum atomic E-state index is 0.191. The van der Waals surface area contributed by atoms with E-state index in [1.54, 1.807) is 14.2 Å². The van der Waals surface area contributed by atoms with Crippen molar-refractivity contribution in [3.8, 4) is 5.75 Å². The van der Waals surface area contributed by atoms with Gasteiger partial charge in [-0.25, -0.2) is 0 Å². The number of hydrogen-bond acceptors (Lipinski definition) is 3. The van der Waals surface area contributed by atoms with Gasteiger partial charge in [-0.2, -0.15) is 0 Å². The van der Waals surface area contributed by atoms with Crippen molar-refractivity contribution in [1.82, 2.24) is 4.68 Å². The molecular formula is C17H24N2O2. The van der Waals surface area contributed by atoms with Crippen molar-refractivity contribution in [2.75, 3.05) is 19.6 Å². The van der Waals surface area contributed by atoms with Crippen molar-refractivity contribution >= 4 is 0 Å². The van der Waals surface area contributed by atoms with E-state index in [4.69, 9.17) is 9.47 Å². The van der Waals surface area contributed by atoms with Crippen LogP contribution < -0.4 is 10.2 Å². The zero-order valence-electron chi connectivity index (χ0n) is 13.4. The summed E-state index contributed by atoms with van der Waals surface area (Å²) in [6.45, 7) is 6.89. The first kappa shape index (κ1) is 15.4. The number of hydrogen-bond donors (Lipinski definition) is 1. The lowest BCUT2D eigenvalue weighted by molar-refractivity contribution is 0.181. The summed E-state index contributed by atoms with van der Waals surface area (Å²) in [5.74, 6) is 0.862. The Labute approximate surface area is 126 Å². The summed E-state index contributed by atoms with van der Waals surface area (Å²) in [6, 6.07) is 10.6. The van der Waals surface area contributed by atoms with Gasteiger partial charge < -0.3 is 14.9 Å². The van der Waals surface area contributed by atoms with Crippen molar-refractivity contribution < 1.29 is 9.47 Å². The van der Waals surface area contributed by atoms with Gasteiger partial charge in [-0.05, 0) is 50.6 Å². The maximum atomic E-state index is 5.37. The van der Waals surface area contributed by atoms with Crippen LogP contribution in [0.4, 0.5) is 0 Å². The van der Waals surface area contributed by atoms with Gasteiger partial charge in [0, 0.05) is 24.1 Å². The molecule has 4 nitrogen and oxygen atoms in total. The normalized spacial score (nSPS) is 12.2. The van der Waals surface area contributed by atoms with Gasteiger partial charge in [0.25, 0.3) is 0 Å². The molecule has 0 saturated carbocycles. The summed E-state index contributed by atoms with van der Waals surface area (Å²) in [4.78, 5) is 0. The molecule has 1 aromatic carbocycles. The second kappa shape index (κ2) is 6.68. The summed E-state index contributed by atoms with van der Waals surface area (Å²) in [6.07, 6.45) is 0. The summed E-state index contributed by atoms with van der Waals surface area (Å²) in [7, 11) is 3.38. The van der Waals surface area contributed by atoms with E-state index < -0.39 is 0 Å². The number of aryl methyl sites for hydroxylation is 2. The molecule has 0 aliphatic rings. The van der Waals surface area contributed by atoms with Gasteiger partial charge in [0.15, 0.2) is 0 Å². The summed E-state index contributed by atoms with van der Waals surface area (Å²) in [5, 5.41) is 0. The molecule has 0 aliphatic heterocycles. The average molecular weight is 288 g/mol. The Balaban J connectivity index is 2.23. The van der Waals surface area contributed by atoms with E-state index in [1.807, 2.05) is 6.07 Å². The molecule has 1 aromatic heterocycles. The van der Waals surface area contributed by atoms with E-state index in [2.05, 4.69) is 55.1 Å². The Morgan fingerprint density at radius 1 is 1.10 bits per heavy atom. The Kier molecular flexibility index (Phi) is 4.91. The highest BCUT2D eigenvalue weighted by atomic mass is 16.5. The Morgan fingerprint density at radius 3 is 2.33 bits per heavy atom. The fourth-order valence-electron chi connectivity index (χ4n) is 2.48. The Morgan fingerprint density at radius 2 is 1.76 bits per heavy atom. The second-order valence-electron chi connectivity index (χ2n) is 5.31. The van der Waals surface area contributed by atoms with E-state index in [9.17, 15) is 0 Å². The topological polar surface area (TPSA) is 35.4 Å². The lowest BCUT2D eigenvalue weighted by Gasteiger charge is -2.21. The van der Waals surface area contributed by atoms with Crippen molar-refractivity contribution in [2.24, 2.45) is 0 Å². The molecule has 0 bridgehead atoms. The Bertz CT molecular complexity index is 585. The zero-order valence-corrected chi connectivity index (χ0v) is 13.4. The molecule has 0 amide bonds. The monoisotopic (exact) mass is 288 g/mol. The maximum Gasteiger partial charge on any atom is 0.124 e. The predicted octanol–water partition coefficient (Wildman–Crippen LogP) is 3.56. The van der Waals surface area contributed by atoms with Crippen LogP contribution in [0.25, 0.3) is 0 Å². The fraction of sp³-hybridized carbons (Fsp3) is 0.412. The third-order valence-electron chi connectivity index (χ3n) is 3.70. The lowest BCUT2D eigenvalue weighted by Crippen LogP contribution is -2.21. The van der Waals surface area contributed by atoms with Crippen LogP contribution in [-0.4, -0.2) is 18.9 Å².